The number of aryl methyl sites for hydroxylation is 1. The van der Waals surface area contributed by atoms with Crippen LogP contribution in [0.25, 0.3) is 21.9 Å². The van der Waals surface area contributed by atoms with Crippen molar-refractivity contribution in [3.63, 3.8) is 0 Å². The molecule has 3 aromatic carbocycles. The SMILES string of the molecule is Cc1cccc2c1oc1c(N(I)c3ccc(OC(F)(F)F)cc3)cccc12. The molecular formula is C20H13F3INO2. The van der Waals surface area contributed by atoms with Crippen LogP contribution in [0.5, 0.6) is 5.75 Å². The molecule has 0 saturated carbocycles. The number of hydrogen-bond donors (Lipinski definition) is 0. The Kier molecular flexibility index (Phi) is 4.41. The van der Waals surface area contributed by atoms with Gasteiger partial charge in [-0.1, -0.05) is 30.3 Å². The summed E-state index contributed by atoms with van der Waals surface area (Å²) in [6.07, 6.45) is -4.71. The Bertz CT molecular complexity index is 1120. The summed E-state index contributed by atoms with van der Waals surface area (Å²) < 4.78 is 48.9. The fourth-order valence-corrected chi connectivity index (χ4v) is 3.72. The quantitative estimate of drug-likeness (QED) is 0.226. The summed E-state index contributed by atoms with van der Waals surface area (Å²) in [6, 6.07) is 17.5. The third-order valence-electron chi connectivity index (χ3n) is 4.21. The Hall–Kier alpha value is -2.42. The van der Waals surface area contributed by atoms with Gasteiger partial charge < -0.3 is 9.15 Å². The van der Waals surface area contributed by atoms with Gasteiger partial charge in [-0.15, -0.1) is 13.2 Å². The molecule has 0 spiro atoms. The minimum Gasteiger partial charge on any atom is -0.454 e. The molecular weight excluding hydrogens is 470 g/mol. The monoisotopic (exact) mass is 483 g/mol. The van der Waals surface area contributed by atoms with E-state index in [2.05, 4.69) is 27.6 Å². The van der Waals surface area contributed by atoms with Crippen molar-refractivity contribution in [3.8, 4) is 5.75 Å². The van der Waals surface area contributed by atoms with E-state index in [1.807, 2.05) is 46.4 Å². The minimum atomic E-state index is -4.71. The highest BCUT2D eigenvalue weighted by molar-refractivity contribution is 14.1. The van der Waals surface area contributed by atoms with Crippen molar-refractivity contribution in [2.24, 2.45) is 0 Å². The lowest BCUT2D eigenvalue weighted by Crippen LogP contribution is -2.17. The van der Waals surface area contributed by atoms with E-state index in [0.29, 0.717) is 5.69 Å². The third kappa shape index (κ3) is 3.43. The lowest BCUT2D eigenvalue weighted by Gasteiger charge is -2.17. The van der Waals surface area contributed by atoms with Gasteiger partial charge in [0.2, 0.25) is 0 Å². The van der Waals surface area contributed by atoms with E-state index in [0.717, 1.165) is 33.2 Å². The zero-order valence-electron chi connectivity index (χ0n) is 14.0. The molecule has 0 aliphatic rings. The molecule has 0 atom stereocenters. The van der Waals surface area contributed by atoms with Crippen LogP contribution in [-0.4, -0.2) is 6.36 Å². The highest BCUT2D eigenvalue weighted by Crippen LogP contribution is 2.40. The van der Waals surface area contributed by atoms with Gasteiger partial charge in [0, 0.05) is 10.8 Å². The van der Waals surface area contributed by atoms with E-state index < -0.39 is 6.36 Å². The summed E-state index contributed by atoms with van der Waals surface area (Å²) in [5.41, 5.74) is 4.12. The second-order valence-corrected chi connectivity index (χ2v) is 6.99. The van der Waals surface area contributed by atoms with Crippen LogP contribution in [-0.2, 0) is 0 Å². The van der Waals surface area contributed by atoms with Crippen LogP contribution >= 0.6 is 22.9 Å². The van der Waals surface area contributed by atoms with Crippen molar-refractivity contribution < 1.29 is 22.3 Å². The van der Waals surface area contributed by atoms with Gasteiger partial charge in [0.25, 0.3) is 0 Å². The zero-order chi connectivity index (χ0) is 19.2. The molecule has 0 amide bonds. The Morgan fingerprint density at radius 2 is 1.52 bits per heavy atom. The fraction of sp³-hybridized carbons (Fsp3) is 0.100. The van der Waals surface area contributed by atoms with Crippen molar-refractivity contribution in [1.82, 2.24) is 0 Å². The van der Waals surface area contributed by atoms with Gasteiger partial charge >= 0.3 is 6.36 Å². The van der Waals surface area contributed by atoms with E-state index in [-0.39, 0.29) is 5.75 Å². The van der Waals surface area contributed by atoms with Crippen molar-refractivity contribution >= 4 is 56.2 Å². The summed E-state index contributed by atoms with van der Waals surface area (Å²) in [6.45, 7) is 1.99. The second-order valence-electron chi connectivity index (χ2n) is 6.03. The molecule has 7 heteroatoms. The summed E-state index contributed by atoms with van der Waals surface area (Å²) in [4.78, 5) is 0. The number of fused-ring (bicyclic) bond motifs is 3. The van der Waals surface area contributed by atoms with Gasteiger partial charge in [0.05, 0.1) is 34.2 Å². The molecule has 27 heavy (non-hydrogen) atoms. The van der Waals surface area contributed by atoms with E-state index in [4.69, 9.17) is 4.42 Å². The predicted octanol–water partition coefficient (Wildman–Crippen LogP) is 7.28. The maximum absolute atomic E-state index is 12.3. The smallest absolute Gasteiger partial charge is 0.454 e. The highest BCUT2D eigenvalue weighted by Gasteiger charge is 2.31. The van der Waals surface area contributed by atoms with Crippen LogP contribution in [0, 0.1) is 6.92 Å². The normalized spacial score (nSPS) is 11.9. The van der Waals surface area contributed by atoms with Gasteiger partial charge in [-0.2, -0.15) is 0 Å². The number of benzene rings is 3. The maximum Gasteiger partial charge on any atom is 0.573 e. The Balaban J connectivity index is 1.75. The number of alkyl halides is 3. The van der Waals surface area contributed by atoms with Crippen molar-refractivity contribution in [1.29, 1.82) is 0 Å². The van der Waals surface area contributed by atoms with Crippen molar-refractivity contribution in [2.75, 3.05) is 3.11 Å². The topological polar surface area (TPSA) is 25.6 Å². The summed E-state index contributed by atoms with van der Waals surface area (Å²) in [5, 5.41) is 2.02. The van der Waals surface area contributed by atoms with Crippen molar-refractivity contribution in [3.05, 3.63) is 66.2 Å². The van der Waals surface area contributed by atoms with Gasteiger partial charge in [-0.3, -0.25) is 3.11 Å². The van der Waals surface area contributed by atoms with Gasteiger partial charge in [0.15, 0.2) is 5.58 Å². The van der Waals surface area contributed by atoms with E-state index in [1.165, 1.54) is 12.1 Å². The number of rotatable bonds is 3. The number of para-hydroxylation sites is 2. The van der Waals surface area contributed by atoms with E-state index >= 15 is 0 Å². The predicted molar refractivity (Wildman–Crippen MR) is 108 cm³/mol. The molecule has 0 aliphatic carbocycles. The van der Waals surface area contributed by atoms with E-state index in [1.54, 1.807) is 12.1 Å². The maximum atomic E-state index is 12.3. The molecule has 0 saturated heterocycles. The first kappa shape index (κ1) is 18.0. The lowest BCUT2D eigenvalue weighted by atomic mass is 10.1. The van der Waals surface area contributed by atoms with Gasteiger partial charge in [-0.25, -0.2) is 0 Å². The average Bonchev–Trinajstić information content (AvgIpc) is 3.01. The number of hydrogen-bond acceptors (Lipinski definition) is 3. The number of halogens is 4. The van der Waals surface area contributed by atoms with Crippen LogP contribution < -0.4 is 7.85 Å². The Labute approximate surface area is 166 Å². The second kappa shape index (κ2) is 6.63. The molecule has 4 rings (SSSR count). The Morgan fingerprint density at radius 3 is 2.19 bits per heavy atom. The largest absolute Gasteiger partial charge is 0.573 e. The molecule has 138 valence electrons. The molecule has 0 N–H and O–H groups in total. The molecule has 0 bridgehead atoms. The van der Waals surface area contributed by atoms with Crippen molar-refractivity contribution in [2.45, 2.75) is 13.3 Å². The molecule has 3 nitrogen and oxygen atoms in total. The first-order valence-corrected chi connectivity index (χ1v) is 9.02. The molecule has 0 radical (unpaired) electrons. The van der Waals surface area contributed by atoms with Crippen LogP contribution in [0.4, 0.5) is 24.5 Å². The van der Waals surface area contributed by atoms with Gasteiger partial charge in [0.1, 0.15) is 11.3 Å². The average molecular weight is 483 g/mol. The number of anilines is 2. The molecule has 4 aromatic rings. The first-order chi connectivity index (χ1) is 12.8. The number of nitrogens with zero attached hydrogens (tertiary/aromatic N) is 1. The minimum absolute atomic E-state index is 0.256. The number of furan rings is 1. The summed E-state index contributed by atoms with van der Waals surface area (Å²) in [5.74, 6) is -0.256. The van der Waals surface area contributed by atoms with Crippen LogP contribution in [0.1, 0.15) is 5.56 Å². The molecule has 1 aromatic heterocycles. The first-order valence-electron chi connectivity index (χ1n) is 8.06. The summed E-state index contributed by atoms with van der Waals surface area (Å²) in [7, 11) is 0. The standard InChI is InChI=1S/C20H13F3INO2/c1-12-4-2-5-15-16-6-3-7-17(19(16)26-18(12)15)25(24)13-8-10-14(11-9-13)27-20(21,22)23/h2-11H,1H3. The highest BCUT2D eigenvalue weighted by atomic mass is 127. The summed E-state index contributed by atoms with van der Waals surface area (Å²) >= 11 is 2.10. The van der Waals surface area contributed by atoms with Crippen LogP contribution in [0.2, 0.25) is 0 Å². The lowest BCUT2D eigenvalue weighted by molar-refractivity contribution is -0.274. The molecule has 0 fully saturated rings. The third-order valence-corrected chi connectivity index (χ3v) is 5.29. The van der Waals surface area contributed by atoms with Crippen LogP contribution in [0.15, 0.2) is 65.1 Å². The molecule has 0 unspecified atom stereocenters. The Morgan fingerprint density at radius 1 is 0.889 bits per heavy atom. The molecule has 1 heterocycles. The van der Waals surface area contributed by atoms with E-state index in [9.17, 15) is 13.2 Å². The fourth-order valence-electron chi connectivity index (χ4n) is 3.02. The zero-order valence-corrected chi connectivity index (χ0v) is 16.2. The number of ether oxygens (including phenoxy) is 1. The van der Waals surface area contributed by atoms with Gasteiger partial charge in [-0.05, 0) is 42.8 Å². The van der Waals surface area contributed by atoms with Crippen LogP contribution in [0.3, 0.4) is 0 Å². The molecule has 0 aliphatic heterocycles.